The number of aliphatic hydroxyl groups excluding tert-OH is 1. The third kappa shape index (κ3) is 3.23. The number of aliphatic hydroxyl groups is 1. The molecule has 0 spiro atoms. The molecule has 0 saturated carbocycles. The van der Waals surface area contributed by atoms with Crippen molar-refractivity contribution in [3.8, 4) is 0 Å². The quantitative estimate of drug-likeness (QED) is 0.801. The van der Waals surface area contributed by atoms with Crippen LogP contribution in [0.3, 0.4) is 0 Å². The van der Waals surface area contributed by atoms with Crippen LogP contribution in [0, 0.1) is 5.41 Å². The first-order chi connectivity index (χ1) is 7.00. The first-order valence-corrected chi connectivity index (χ1v) is 5.45. The van der Waals surface area contributed by atoms with Gasteiger partial charge in [0.1, 0.15) is 0 Å². The van der Waals surface area contributed by atoms with Crippen molar-refractivity contribution in [3.05, 3.63) is 46.5 Å². The molecule has 0 aliphatic carbocycles. The Kier molecular flexibility index (Phi) is 4.21. The largest absolute Gasteiger partial charge is 0.395 e. The smallest absolute Gasteiger partial charge is 0.0595 e. The van der Waals surface area contributed by atoms with Gasteiger partial charge in [0, 0.05) is 5.41 Å². The Morgan fingerprint density at radius 2 is 2.07 bits per heavy atom. The fraction of sp³-hybridized carbons (Fsp3) is 0.333. The molecule has 0 bridgehead atoms. The van der Waals surface area contributed by atoms with E-state index < -0.39 is 0 Å². The van der Waals surface area contributed by atoms with Crippen LogP contribution in [0.25, 0.3) is 0 Å². The van der Waals surface area contributed by atoms with Crippen LogP contribution >= 0.6 is 23.2 Å². The van der Waals surface area contributed by atoms with E-state index in [1.165, 1.54) is 0 Å². The molecule has 0 fully saturated rings. The maximum Gasteiger partial charge on any atom is 0.0595 e. The maximum atomic E-state index is 9.24. The maximum absolute atomic E-state index is 9.24. The summed E-state index contributed by atoms with van der Waals surface area (Å²) in [5, 5.41) is 10.3. The normalized spacial score (nSPS) is 14.7. The lowest BCUT2D eigenvalue weighted by Crippen LogP contribution is -2.21. The molecule has 1 atom stereocenters. The van der Waals surface area contributed by atoms with Gasteiger partial charge in [-0.25, -0.2) is 0 Å². The van der Waals surface area contributed by atoms with Gasteiger partial charge in [-0.1, -0.05) is 42.3 Å². The molecule has 3 heteroatoms. The van der Waals surface area contributed by atoms with Crippen molar-refractivity contribution in [1.82, 2.24) is 0 Å². The van der Waals surface area contributed by atoms with Crippen molar-refractivity contribution in [2.24, 2.45) is 5.41 Å². The number of hydrogen-bond donors (Lipinski definition) is 1. The van der Waals surface area contributed by atoms with Crippen LogP contribution in [-0.4, -0.2) is 11.7 Å². The summed E-state index contributed by atoms with van der Waals surface area (Å²) in [5.74, 6) is 0. The van der Waals surface area contributed by atoms with Gasteiger partial charge in [0.05, 0.1) is 16.7 Å². The highest BCUT2D eigenvalue weighted by molar-refractivity contribution is 6.42. The minimum Gasteiger partial charge on any atom is -0.395 e. The summed E-state index contributed by atoms with van der Waals surface area (Å²) in [4.78, 5) is 0. The van der Waals surface area contributed by atoms with E-state index in [-0.39, 0.29) is 12.0 Å². The standard InChI is InChI=1S/C12H14Cl2O/c1-3-12(2,8-15)7-9-4-5-10(13)11(14)6-9/h3-6,15H,1,7-8H2,2H3. The molecular formula is C12H14Cl2O. The lowest BCUT2D eigenvalue weighted by Gasteiger charge is -2.22. The first-order valence-electron chi connectivity index (χ1n) is 4.69. The Balaban J connectivity index is 2.89. The van der Waals surface area contributed by atoms with E-state index in [9.17, 15) is 5.11 Å². The summed E-state index contributed by atoms with van der Waals surface area (Å²) in [7, 11) is 0. The Bertz CT molecular complexity index is 363. The van der Waals surface area contributed by atoms with E-state index in [1.807, 2.05) is 19.1 Å². The lowest BCUT2D eigenvalue weighted by atomic mass is 9.85. The third-order valence-electron chi connectivity index (χ3n) is 2.45. The van der Waals surface area contributed by atoms with Crippen molar-refractivity contribution in [2.45, 2.75) is 13.3 Å². The molecule has 1 aromatic carbocycles. The van der Waals surface area contributed by atoms with E-state index in [0.717, 1.165) is 5.56 Å². The van der Waals surface area contributed by atoms with Gasteiger partial charge in [0.15, 0.2) is 0 Å². The second kappa shape index (κ2) is 5.02. The van der Waals surface area contributed by atoms with Gasteiger partial charge in [-0.3, -0.25) is 0 Å². The van der Waals surface area contributed by atoms with Crippen LogP contribution in [0.15, 0.2) is 30.9 Å². The van der Waals surface area contributed by atoms with Crippen LogP contribution in [0.5, 0.6) is 0 Å². The Hall–Kier alpha value is -0.500. The predicted molar refractivity (Wildman–Crippen MR) is 65.6 cm³/mol. The second-order valence-corrected chi connectivity index (χ2v) is 4.76. The van der Waals surface area contributed by atoms with Crippen molar-refractivity contribution in [2.75, 3.05) is 6.61 Å². The van der Waals surface area contributed by atoms with Crippen molar-refractivity contribution >= 4 is 23.2 Å². The predicted octanol–water partition coefficient (Wildman–Crippen LogP) is 3.72. The van der Waals surface area contributed by atoms with Gasteiger partial charge < -0.3 is 5.11 Å². The van der Waals surface area contributed by atoms with Gasteiger partial charge >= 0.3 is 0 Å². The minimum absolute atomic E-state index is 0.0662. The highest BCUT2D eigenvalue weighted by atomic mass is 35.5. The second-order valence-electron chi connectivity index (χ2n) is 3.94. The Labute approximate surface area is 100 Å². The van der Waals surface area contributed by atoms with Crippen LogP contribution in [0.1, 0.15) is 12.5 Å². The molecule has 0 amide bonds. The fourth-order valence-electron chi connectivity index (χ4n) is 1.31. The molecule has 82 valence electrons. The van der Waals surface area contributed by atoms with Gasteiger partial charge in [0.25, 0.3) is 0 Å². The van der Waals surface area contributed by atoms with Gasteiger partial charge in [-0.05, 0) is 24.1 Å². The molecule has 15 heavy (non-hydrogen) atoms. The third-order valence-corrected chi connectivity index (χ3v) is 3.19. The molecule has 0 aromatic heterocycles. The zero-order chi connectivity index (χ0) is 11.5. The SMILES string of the molecule is C=CC(C)(CO)Cc1ccc(Cl)c(Cl)c1. The average Bonchev–Trinajstić information content (AvgIpc) is 2.23. The first kappa shape index (κ1) is 12.6. The topological polar surface area (TPSA) is 20.2 Å². The van der Waals surface area contributed by atoms with E-state index >= 15 is 0 Å². The van der Waals surface area contributed by atoms with Gasteiger partial charge in [-0.15, -0.1) is 6.58 Å². The van der Waals surface area contributed by atoms with Crippen LogP contribution in [0.4, 0.5) is 0 Å². The van der Waals surface area contributed by atoms with Crippen LogP contribution in [0.2, 0.25) is 10.0 Å². The molecule has 1 N–H and O–H groups in total. The molecule has 0 radical (unpaired) electrons. The highest BCUT2D eigenvalue weighted by Gasteiger charge is 2.19. The molecular weight excluding hydrogens is 231 g/mol. The number of halogens is 2. The highest BCUT2D eigenvalue weighted by Crippen LogP contribution is 2.28. The molecule has 1 nitrogen and oxygen atoms in total. The zero-order valence-electron chi connectivity index (χ0n) is 8.63. The molecule has 1 unspecified atom stereocenters. The summed E-state index contributed by atoms with van der Waals surface area (Å²) < 4.78 is 0. The average molecular weight is 245 g/mol. The van der Waals surface area contributed by atoms with E-state index in [1.54, 1.807) is 12.1 Å². The molecule has 0 saturated heterocycles. The summed E-state index contributed by atoms with van der Waals surface area (Å²) in [6.45, 7) is 5.73. The zero-order valence-corrected chi connectivity index (χ0v) is 10.1. The Morgan fingerprint density at radius 3 is 2.53 bits per heavy atom. The number of benzene rings is 1. The summed E-state index contributed by atoms with van der Waals surface area (Å²) >= 11 is 11.7. The van der Waals surface area contributed by atoms with E-state index in [4.69, 9.17) is 23.2 Å². The van der Waals surface area contributed by atoms with Crippen LogP contribution in [-0.2, 0) is 6.42 Å². The van der Waals surface area contributed by atoms with E-state index in [0.29, 0.717) is 16.5 Å². The summed E-state index contributed by atoms with van der Waals surface area (Å²) in [5.41, 5.74) is 0.734. The fourth-order valence-corrected chi connectivity index (χ4v) is 1.63. The number of hydrogen-bond acceptors (Lipinski definition) is 1. The van der Waals surface area contributed by atoms with Crippen molar-refractivity contribution in [3.63, 3.8) is 0 Å². The van der Waals surface area contributed by atoms with Crippen molar-refractivity contribution in [1.29, 1.82) is 0 Å². The van der Waals surface area contributed by atoms with E-state index in [2.05, 4.69) is 6.58 Å². The van der Waals surface area contributed by atoms with Crippen molar-refractivity contribution < 1.29 is 5.11 Å². The Morgan fingerprint density at radius 1 is 1.40 bits per heavy atom. The monoisotopic (exact) mass is 244 g/mol. The molecule has 0 aliphatic heterocycles. The molecule has 1 aromatic rings. The summed E-state index contributed by atoms with van der Waals surface area (Å²) in [6.07, 6.45) is 2.46. The molecule has 1 rings (SSSR count). The van der Waals surface area contributed by atoms with Crippen LogP contribution < -0.4 is 0 Å². The molecule has 0 heterocycles. The van der Waals surface area contributed by atoms with Gasteiger partial charge in [-0.2, -0.15) is 0 Å². The lowest BCUT2D eigenvalue weighted by molar-refractivity contribution is 0.184. The minimum atomic E-state index is -0.308. The summed E-state index contributed by atoms with van der Waals surface area (Å²) in [6, 6.07) is 5.49. The molecule has 0 aliphatic rings. The number of rotatable bonds is 4. The van der Waals surface area contributed by atoms with Gasteiger partial charge in [0.2, 0.25) is 0 Å².